The molecule has 4 N–H and O–H groups in total. The zero-order chi connectivity index (χ0) is 21.3. The fraction of sp³-hybridized carbons (Fsp3) is 0.429. The van der Waals surface area contributed by atoms with Gasteiger partial charge in [0.2, 0.25) is 5.95 Å². The smallest absolute Gasteiger partial charge is 0.222 e. The van der Waals surface area contributed by atoms with E-state index in [-0.39, 0.29) is 5.95 Å². The highest BCUT2D eigenvalue weighted by molar-refractivity contribution is 6.82. The molecule has 3 aromatic heterocycles. The number of hydrogen-bond acceptors (Lipinski definition) is 6. The first-order chi connectivity index (χ1) is 13.7. The monoisotopic (exact) mass is 409 g/mol. The highest BCUT2D eigenvalue weighted by Crippen LogP contribution is 2.44. The summed E-state index contributed by atoms with van der Waals surface area (Å²) in [6.07, 6.45) is 9.32. The Balaban J connectivity index is 2.22. The molecule has 154 valence electrons. The van der Waals surface area contributed by atoms with Crippen molar-refractivity contribution in [3.8, 4) is 22.5 Å². The summed E-state index contributed by atoms with van der Waals surface area (Å²) in [7, 11) is -1.86. The molecule has 0 aliphatic heterocycles. The van der Waals surface area contributed by atoms with Crippen LogP contribution in [0.25, 0.3) is 22.5 Å². The average molecular weight is 410 g/mol. The Labute approximate surface area is 173 Å². The first-order valence-electron chi connectivity index (χ1n) is 10.1. The fourth-order valence-corrected chi connectivity index (χ4v) is 11.5. The predicted molar refractivity (Wildman–Crippen MR) is 122 cm³/mol. The summed E-state index contributed by atoms with van der Waals surface area (Å²) in [6.45, 7) is 14.1. The first kappa shape index (κ1) is 21.0. The number of aromatic nitrogens is 5. The molecule has 0 saturated carbocycles. The summed E-state index contributed by atoms with van der Waals surface area (Å²) in [5, 5.41) is 0. The molecule has 0 unspecified atom stereocenters. The maximum atomic E-state index is 6.23. The van der Waals surface area contributed by atoms with Crippen molar-refractivity contribution in [2.24, 2.45) is 0 Å². The summed E-state index contributed by atoms with van der Waals surface area (Å²) in [4.78, 5) is 17.3. The lowest BCUT2D eigenvalue weighted by Gasteiger charge is -2.44. The van der Waals surface area contributed by atoms with Gasteiger partial charge in [-0.1, -0.05) is 41.5 Å². The minimum Gasteiger partial charge on any atom is -0.383 e. The lowest BCUT2D eigenvalue weighted by Crippen LogP contribution is -2.51. The van der Waals surface area contributed by atoms with Crippen LogP contribution in [-0.2, 0) is 0 Å². The van der Waals surface area contributed by atoms with Crippen molar-refractivity contribution in [3.63, 3.8) is 0 Å². The molecule has 0 aromatic carbocycles. The quantitative estimate of drug-likeness (QED) is 0.576. The molecule has 0 saturated heterocycles. The molecule has 0 fully saturated rings. The number of hydrogen-bond donors (Lipinski definition) is 2. The highest BCUT2D eigenvalue weighted by atomic mass is 28.3. The van der Waals surface area contributed by atoms with Crippen LogP contribution in [0.4, 0.5) is 11.8 Å². The van der Waals surface area contributed by atoms with Crippen LogP contribution in [0.3, 0.4) is 0 Å². The largest absolute Gasteiger partial charge is 0.383 e. The van der Waals surface area contributed by atoms with E-state index < -0.39 is 8.24 Å². The highest BCUT2D eigenvalue weighted by Gasteiger charge is 2.45. The van der Waals surface area contributed by atoms with E-state index in [9.17, 15) is 0 Å². The van der Waals surface area contributed by atoms with E-state index in [0.717, 1.165) is 5.56 Å². The van der Waals surface area contributed by atoms with Gasteiger partial charge in [-0.25, -0.2) is 4.98 Å². The minimum absolute atomic E-state index is 0.151. The zero-order valence-electron chi connectivity index (χ0n) is 18.1. The third kappa shape index (κ3) is 3.52. The summed E-state index contributed by atoms with van der Waals surface area (Å²) in [6, 6.07) is 2.09. The Bertz CT molecular complexity index is 958. The van der Waals surface area contributed by atoms with E-state index in [1.165, 1.54) is 0 Å². The Hall–Kier alpha value is -2.74. The molecule has 29 heavy (non-hydrogen) atoms. The fourth-order valence-electron chi connectivity index (χ4n) is 5.06. The van der Waals surface area contributed by atoms with Crippen molar-refractivity contribution < 1.29 is 0 Å². The molecular weight excluding hydrogens is 378 g/mol. The van der Waals surface area contributed by atoms with E-state index in [1.807, 2.05) is 0 Å². The van der Waals surface area contributed by atoms with Crippen molar-refractivity contribution in [1.82, 2.24) is 24.2 Å². The lowest BCUT2D eigenvalue weighted by molar-refractivity contribution is 0.766. The Morgan fingerprint density at radius 1 is 0.931 bits per heavy atom. The van der Waals surface area contributed by atoms with Crippen molar-refractivity contribution in [3.05, 3.63) is 37.1 Å². The van der Waals surface area contributed by atoms with E-state index in [2.05, 4.69) is 84.2 Å². The summed E-state index contributed by atoms with van der Waals surface area (Å²) < 4.78 is 2.47. The molecule has 0 aliphatic rings. The van der Waals surface area contributed by atoms with Crippen LogP contribution < -0.4 is 11.5 Å². The molecule has 0 spiro atoms. The van der Waals surface area contributed by atoms with Gasteiger partial charge in [-0.05, 0) is 28.9 Å². The Morgan fingerprint density at radius 2 is 1.59 bits per heavy atom. The van der Waals surface area contributed by atoms with Crippen LogP contribution in [0.2, 0.25) is 16.6 Å². The summed E-state index contributed by atoms with van der Waals surface area (Å²) in [5.74, 6) is 0.457. The van der Waals surface area contributed by atoms with E-state index in [4.69, 9.17) is 11.5 Å². The summed E-state index contributed by atoms with van der Waals surface area (Å²) >= 11 is 0. The van der Waals surface area contributed by atoms with Gasteiger partial charge in [0, 0.05) is 24.2 Å². The van der Waals surface area contributed by atoms with Gasteiger partial charge in [-0.3, -0.25) is 9.97 Å². The molecule has 0 amide bonds. The van der Waals surface area contributed by atoms with Gasteiger partial charge in [-0.15, -0.1) is 0 Å². The van der Waals surface area contributed by atoms with Crippen LogP contribution in [0.1, 0.15) is 41.5 Å². The average Bonchev–Trinajstić information content (AvgIpc) is 3.11. The second-order valence-corrected chi connectivity index (χ2v) is 14.2. The number of rotatable bonds is 6. The number of nitrogen functional groups attached to an aromatic ring is 2. The Morgan fingerprint density at radius 3 is 2.14 bits per heavy atom. The Kier molecular flexibility index (Phi) is 5.75. The lowest BCUT2D eigenvalue weighted by atomic mass is 10.1. The van der Waals surface area contributed by atoms with Crippen LogP contribution in [-0.4, -0.2) is 32.4 Å². The zero-order valence-corrected chi connectivity index (χ0v) is 19.1. The van der Waals surface area contributed by atoms with E-state index in [1.54, 1.807) is 18.6 Å². The molecule has 7 nitrogen and oxygen atoms in total. The van der Waals surface area contributed by atoms with Crippen LogP contribution >= 0.6 is 0 Å². The van der Waals surface area contributed by atoms with E-state index >= 15 is 0 Å². The second kappa shape index (κ2) is 7.94. The number of nitrogens with zero attached hydrogens (tertiary/aromatic N) is 5. The molecule has 8 heteroatoms. The van der Waals surface area contributed by atoms with Crippen molar-refractivity contribution in [2.75, 3.05) is 11.5 Å². The summed E-state index contributed by atoms with van der Waals surface area (Å²) in [5.41, 5.74) is 16.9. The number of anilines is 2. The predicted octanol–water partition coefficient (Wildman–Crippen LogP) is 4.59. The molecule has 0 atom stereocenters. The van der Waals surface area contributed by atoms with Gasteiger partial charge < -0.3 is 15.7 Å². The van der Waals surface area contributed by atoms with Crippen molar-refractivity contribution in [2.45, 2.75) is 58.2 Å². The molecule has 0 bridgehead atoms. The van der Waals surface area contributed by atoms with Crippen LogP contribution in [0.15, 0.2) is 37.1 Å². The van der Waals surface area contributed by atoms with Gasteiger partial charge in [-0.2, -0.15) is 4.98 Å². The topological polar surface area (TPSA) is 109 Å². The van der Waals surface area contributed by atoms with Gasteiger partial charge in [0.1, 0.15) is 5.82 Å². The molecule has 3 heterocycles. The minimum atomic E-state index is -1.86. The van der Waals surface area contributed by atoms with Crippen LogP contribution in [0.5, 0.6) is 0 Å². The van der Waals surface area contributed by atoms with Gasteiger partial charge in [0.15, 0.2) is 8.24 Å². The third-order valence-electron chi connectivity index (χ3n) is 5.96. The SMILES string of the molecule is CC(C)[Si](C(C)C)(C(C)C)n1ccc(-c2nc(N)nc(N)c2-c2cnccn2)c1. The molecule has 3 aromatic rings. The van der Waals surface area contributed by atoms with Gasteiger partial charge >= 0.3 is 0 Å². The second-order valence-electron chi connectivity index (χ2n) is 8.44. The molecule has 3 rings (SSSR count). The normalized spacial score (nSPS) is 12.3. The number of nitrogens with two attached hydrogens (primary N) is 2. The molecular formula is C21H31N7Si. The van der Waals surface area contributed by atoms with Crippen LogP contribution in [0, 0.1) is 0 Å². The van der Waals surface area contributed by atoms with E-state index in [0.29, 0.717) is 39.4 Å². The first-order valence-corrected chi connectivity index (χ1v) is 12.3. The van der Waals surface area contributed by atoms with Crippen molar-refractivity contribution in [1.29, 1.82) is 0 Å². The molecule has 0 radical (unpaired) electrons. The standard InChI is InChI=1S/C21H31N7Si/c1-13(2)29(14(3)4,15(5)6)28-10-7-16(12-28)19-18(17-11-24-8-9-25-17)20(22)27-21(23)26-19/h7-15H,1-6H3,(H4,22,23,26,27). The van der Waals surface area contributed by atoms with Gasteiger partial charge in [0.25, 0.3) is 0 Å². The molecule has 0 aliphatic carbocycles. The van der Waals surface area contributed by atoms with Crippen molar-refractivity contribution >= 4 is 20.0 Å². The third-order valence-corrected chi connectivity index (χ3v) is 12.7. The maximum absolute atomic E-state index is 6.23. The van der Waals surface area contributed by atoms with Gasteiger partial charge in [0.05, 0.1) is 23.1 Å². The maximum Gasteiger partial charge on any atom is 0.222 e.